The number of thiocarbonyl (C=S) groups is 1. The summed E-state index contributed by atoms with van der Waals surface area (Å²) in [6.45, 7) is 0. The van der Waals surface area contributed by atoms with Gasteiger partial charge in [-0.1, -0.05) is 36.4 Å². The van der Waals surface area contributed by atoms with Crippen LogP contribution in [0.15, 0.2) is 78.9 Å². The van der Waals surface area contributed by atoms with Gasteiger partial charge in [0.2, 0.25) is 0 Å². The molecule has 4 aromatic rings. The van der Waals surface area contributed by atoms with Crippen LogP contribution in [0.3, 0.4) is 0 Å². The van der Waals surface area contributed by atoms with Crippen LogP contribution < -0.4 is 10.6 Å². The zero-order valence-electron chi connectivity index (χ0n) is 18.1. The van der Waals surface area contributed by atoms with Crippen molar-refractivity contribution in [2.75, 3.05) is 10.6 Å². The van der Waals surface area contributed by atoms with E-state index in [1.54, 1.807) is 6.07 Å². The molecule has 0 saturated carbocycles. The summed E-state index contributed by atoms with van der Waals surface area (Å²) in [7, 11) is -0.417. The molecule has 31 heavy (non-hydrogen) atoms. The van der Waals surface area contributed by atoms with E-state index in [0.29, 0.717) is 15.4 Å². The molecule has 0 saturated heterocycles. The summed E-state index contributed by atoms with van der Waals surface area (Å²) < 4.78 is 12.3. The summed E-state index contributed by atoms with van der Waals surface area (Å²) in [5, 5.41) is 17.2. The minimum Gasteiger partial charge on any atom is -0.332 e. The summed E-state index contributed by atoms with van der Waals surface area (Å²) >= 11 is 10.0. The third kappa shape index (κ3) is 8.52. The molecule has 1 aromatic heterocycles. The Hall–Kier alpha value is -2.08. The first kappa shape index (κ1) is 23.6. The van der Waals surface area contributed by atoms with Crippen LogP contribution in [0, 0.1) is 46.0 Å². The Bertz CT molecular complexity index is 1170. The minimum atomic E-state index is -0.441. The van der Waals surface area contributed by atoms with Gasteiger partial charge in [0.15, 0.2) is 9.88 Å². The van der Waals surface area contributed by atoms with Crippen molar-refractivity contribution < 1.29 is 36.0 Å². The van der Waals surface area contributed by atoms with E-state index in [2.05, 4.69) is 20.6 Å². The van der Waals surface area contributed by atoms with Crippen LogP contribution in [-0.4, -0.2) is 22.6 Å². The number of nitro groups is 1. The van der Waals surface area contributed by atoms with Crippen LogP contribution in [0.25, 0.3) is 11.0 Å². The number of hydrogen-bond acceptors (Lipinski definition) is 4. The van der Waals surface area contributed by atoms with Crippen LogP contribution in [0.2, 0.25) is 0 Å². The molecule has 1 heterocycles. The molecule has 0 fully saturated rings. The van der Waals surface area contributed by atoms with Gasteiger partial charge in [-0.3, -0.25) is 10.1 Å². The number of nitro benzene ring substituents is 1. The number of nitrogens with zero attached hydrogens (tertiary/aromatic N) is 1. The molecule has 7 nitrogen and oxygen atoms in total. The van der Waals surface area contributed by atoms with Crippen molar-refractivity contribution in [3.8, 4) is 0 Å². The summed E-state index contributed by atoms with van der Waals surface area (Å²) in [5.41, 5.74) is 3.44. The monoisotopic (exact) mass is 698 g/mol. The first-order valence-corrected chi connectivity index (χ1v) is 9.37. The summed E-state index contributed by atoms with van der Waals surface area (Å²) in [6, 6.07) is 24.2. The van der Waals surface area contributed by atoms with Gasteiger partial charge in [-0.15, -0.1) is 0 Å². The van der Waals surface area contributed by atoms with Crippen molar-refractivity contribution in [1.82, 2.24) is 9.97 Å². The molecular weight excluding hydrogens is 675 g/mol. The average Bonchev–Trinajstić information content (AvgIpc) is 3.15. The predicted octanol–water partition coefficient (Wildman–Crippen LogP) is 5.69. The van der Waals surface area contributed by atoms with Crippen molar-refractivity contribution in [2.24, 2.45) is 0 Å². The van der Waals surface area contributed by atoms with Gasteiger partial charge in [0.1, 0.15) is 0 Å². The maximum atomic E-state index is 10.4. The number of non-ortho nitro benzene ring substituents is 1. The smallest absolute Gasteiger partial charge is 0.271 e. The molecule has 0 aliphatic rings. The van der Waals surface area contributed by atoms with Crippen molar-refractivity contribution >= 4 is 67.4 Å². The Balaban J connectivity index is 0.000000291. The van der Waals surface area contributed by atoms with Crippen LogP contribution in [0.4, 0.5) is 17.1 Å². The first-order chi connectivity index (χ1) is 15.4. The Morgan fingerprint density at radius 3 is 1.97 bits per heavy atom. The van der Waals surface area contributed by atoms with Gasteiger partial charge >= 0.3 is 0 Å². The number of nitrogens with one attached hydrogen (secondary N) is 4. The summed E-state index contributed by atoms with van der Waals surface area (Å²) in [5.74, 6) is 0. The molecule has 3 aromatic carbocycles. The molecule has 11 heteroatoms. The van der Waals surface area contributed by atoms with Gasteiger partial charge < -0.3 is 20.6 Å². The molecule has 0 aliphatic heterocycles. The predicted molar refractivity (Wildman–Crippen MR) is 134 cm³/mol. The molecule has 4 rings (SSSR count). The zero-order chi connectivity index (χ0) is 23.3. The average molecular weight is 699 g/mol. The molecule has 4 N–H and O–H groups in total. The van der Waals surface area contributed by atoms with Crippen LogP contribution >= 0.6 is 34.2 Å². The second-order valence-corrected chi connectivity index (χ2v) is 6.69. The molecular formula is C20H20N5O2PS2U. The summed E-state index contributed by atoms with van der Waals surface area (Å²) in [4.78, 5) is 15.6. The van der Waals surface area contributed by atoms with Crippen molar-refractivity contribution in [3.63, 3.8) is 0 Å². The number of benzene rings is 3. The number of hydrogen-bond donors (Lipinski definition) is 4. The van der Waals surface area contributed by atoms with Gasteiger partial charge in [-0.05, 0) is 54.8 Å². The van der Waals surface area contributed by atoms with E-state index in [9.17, 15) is 10.1 Å². The zero-order valence-corrected chi connectivity index (χ0v) is 22.9. The number of rotatable bonds is 3. The number of para-hydroxylation sites is 2. The van der Waals surface area contributed by atoms with Crippen LogP contribution in [-0.2, 0) is 0 Å². The van der Waals surface area contributed by atoms with E-state index >= 15 is 0 Å². The van der Waals surface area contributed by atoms with Crippen molar-refractivity contribution in [3.05, 3.63) is 93.7 Å². The third-order valence-corrected chi connectivity index (χ3v) is 4.18. The maximum Gasteiger partial charge on any atom is 0.271 e. The van der Waals surface area contributed by atoms with Crippen LogP contribution in [0.5, 0.6) is 0 Å². The van der Waals surface area contributed by atoms with Gasteiger partial charge in [0.25, 0.3) is 5.69 Å². The normalized spacial score (nSPS) is 10.3. The first-order valence-electron chi connectivity index (χ1n) is 9.56. The van der Waals surface area contributed by atoms with E-state index in [1.807, 2.05) is 60.7 Å². The molecule has 1 unspecified atom stereocenters. The minimum absolute atomic E-state index is 0. The Morgan fingerprint density at radius 2 is 1.48 bits per heavy atom. The van der Waals surface area contributed by atoms with Gasteiger partial charge in [-0.2, -0.15) is 9.79 Å². The van der Waals surface area contributed by atoms with Crippen molar-refractivity contribution in [1.29, 1.82) is 2.56 Å². The molecule has 0 aliphatic carbocycles. The van der Waals surface area contributed by atoms with E-state index in [1.165, 1.54) is 12.1 Å². The third-order valence-electron chi connectivity index (χ3n) is 3.77. The Morgan fingerprint density at radius 1 is 1.00 bits per heavy atom. The second-order valence-electron chi connectivity index (χ2n) is 5.88. The topological polar surface area (TPSA) is 98.8 Å². The SMILES string of the molecule is O=[N+]([O-])c1ccc2[nH]c(=S)[nH]c2c1.S=C(Nc1ccccc1)Nc1ccccc1.[2H]P[3H].[U]. The quantitative estimate of drug-likeness (QED) is 0.0951. The fourth-order valence-electron chi connectivity index (χ4n) is 2.47. The molecule has 0 spiro atoms. The van der Waals surface area contributed by atoms with Gasteiger partial charge in [-0.25, -0.2) is 0 Å². The van der Waals surface area contributed by atoms with E-state index in [-0.39, 0.29) is 36.8 Å². The molecule has 0 radical (unpaired) electrons. The Labute approximate surface area is 219 Å². The van der Waals surface area contributed by atoms with E-state index < -0.39 is 14.7 Å². The standard InChI is InChI=1S/C13H12N2S.C7H5N3O2S.H3P.U/c16-13(14-11-7-3-1-4-8-11)15-12-9-5-2-6-10-12;11-10(12)4-1-2-5-6(3-4)9-7(13)8-5;;/h1-10H,(H2,14,15,16);1-3H,(H2,8,9,13);1H3;/i;;1TD;. The second kappa shape index (κ2) is 13.4. The van der Waals surface area contributed by atoms with Crippen molar-refractivity contribution in [2.45, 2.75) is 0 Å². The fraction of sp³-hybridized carbons (Fsp3) is 0. The molecule has 0 amide bonds. The number of aromatic nitrogens is 2. The molecule has 158 valence electrons. The number of fused-ring (bicyclic) bond motifs is 1. The van der Waals surface area contributed by atoms with E-state index in [0.717, 1.165) is 16.9 Å². The molecule has 0 bridgehead atoms. The molecule has 1 atom stereocenters. The number of aromatic amines is 2. The van der Waals surface area contributed by atoms with E-state index in [4.69, 9.17) is 27.0 Å². The van der Waals surface area contributed by atoms with Crippen LogP contribution in [0.1, 0.15) is 0 Å². The van der Waals surface area contributed by atoms with Gasteiger partial charge in [0.05, 0.1) is 18.5 Å². The number of imidazole rings is 1. The number of H-pyrrole nitrogens is 2. The summed E-state index contributed by atoms with van der Waals surface area (Å²) in [6.07, 6.45) is 0. The largest absolute Gasteiger partial charge is 0.332 e. The maximum absolute atomic E-state index is 10.4. The van der Waals surface area contributed by atoms with Gasteiger partial charge in [0, 0.05) is 54.6 Å². The fourth-order valence-corrected chi connectivity index (χ4v) is 2.93. The Kier molecular flexibility index (Phi) is 10.2. The number of anilines is 2.